The lowest BCUT2D eigenvalue weighted by Crippen LogP contribution is -2.78. The van der Waals surface area contributed by atoms with Gasteiger partial charge in [-0.2, -0.15) is 0 Å². The normalized spacial score (nSPS) is 47.9. The fraction of sp³-hybridized carbons (Fsp3) is 0.797. The van der Waals surface area contributed by atoms with Crippen LogP contribution in [0.25, 0.3) is 0 Å². The van der Waals surface area contributed by atoms with Gasteiger partial charge in [0.2, 0.25) is 0 Å². The van der Waals surface area contributed by atoms with Crippen LogP contribution in [-0.2, 0) is 26.3 Å². The molecule has 7 saturated carbocycles. The van der Waals surface area contributed by atoms with E-state index < -0.39 is 16.4 Å². The molecular weight excluding hydrogens is 1070 g/mol. The van der Waals surface area contributed by atoms with Gasteiger partial charge >= 0.3 is 11.9 Å². The predicted octanol–water partition coefficient (Wildman–Crippen LogP) is 16.8. The second kappa shape index (κ2) is 19.1. The lowest BCUT2D eigenvalue weighted by atomic mass is 9.27. The zero-order valence-electron chi connectivity index (χ0n) is 53.8. The van der Waals surface area contributed by atoms with Crippen molar-refractivity contribution in [3.8, 4) is 0 Å². The van der Waals surface area contributed by atoms with E-state index in [9.17, 15) is 5.11 Å². The Balaban J connectivity index is 0.841. The van der Waals surface area contributed by atoms with Gasteiger partial charge in [0, 0.05) is 60.2 Å². The van der Waals surface area contributed by atoms with Gasteiger partial charge in [-0.05, 0) is 265 Å². The van der Waals surface area contributed by atoms with Crippen LogP contribution in [0.1, 0.15) is 254 Å². The number of carbonyl (C=O) groups is 2. The minimum atomic E-state index is -1.16. The highest BCUT2D eigenvalue weighted by Crippen LogP contribution is 2.89. The highest BCUT2D eigenvalue weighted by atomic mass is 16.6. The monoisotopic (exact) mass is 1180 g/mol. The van der Waals surface area contributed by atoms with Gasteiger partial charge in [0.05, 0.1) is 11.0 Å². The molecule has 11 fully saturated rings. The number of allylic oxidation sites excluding steroid dienone is 4. The number of aliphatic hydroxyl groups is 1. The Morgan fingerprint density at radius 1 is 0.770 bits per heavy atom. The fourth-order valence-electron chi connectivity index (χ4n) is 30.0. The fourth-order valence-corrected chi connectivity index (χ4v) is 30.0. The second-order valence-electron chi connectivity index (χ2n) is 35.6. The van der Waals surface area contributed by atoms with Gasteiger partial charge < -0.3 is 25.2 Å². The minimum Gasteiger partial charge on any atom is -0.508 e. The molecule has 11 aliphatic carbocycles. The molecule has 0 aromatic heterocycles. The van der Waals surface area contributed by atoms with Crippen molar-refractivity contribution in [3.63, 3.8) is 0 Å². The third-order valence-electron chi connectivity index (χ3n) is 32.5. The molecule has 0 radical (unpaired) electrons. The maximum Gasteiger partial charge on any atom is 0.339 e. The zero-order valence-corrected chi connectivity index (χ0v) is 53.8. The van der Waals surface area contributed by atoms with Gasteiger partial charge in [0.1, 0.15) is 11.2 Å². The highest BCUT2D eigenvalue weighted by molar-refractivity contribution is 6.00. The summed E-state index contributed by atoms with van der Waals surface area (Å²) < 4.78 is 15.4. The summed E-state index contributed by atoms with van der Waals surface area (Å²) >= 11 is 0. The van der Waals surface area contributed by atoms with E-state index in [2.05, 4.69) is 60.9 Å². The van der Waals surface area contributed by atoms with E-state index in [1.165, 1.54) is 179 Å². The van der Waals surface area contributed by atoms with Crippen molar-refractivity contribution in [1.29, 1.82) is 0 Å². The summed E-state index contributed by atoms with van der Waals surface area (Å²) in [6.45, 7) is 10.3. The average Bonchev–Trinajstić information content (AvgIpc) is 1.50. The van der Waals surface area contributed by atoms with Crippen LogP contribution >= 0.6 is 0 Å². The first-order valence-electron chi connectivity index (χ1n) is 37.7. The second-order valence-corrected chi connectivity index (χ2v) is 35.6. The summed E-state index contributed by atoms with van der Waals surface area (Å²) in [5.74, 6) is 5.72. The third-order valence-corrected chi connectivity index (χ3v) is 32.5. The van der Waals surface area contributed by atoms with Crippen molar-refractivity contribution < 1.29 is 24.2 Å². The number of fused-ring (bicyclic) bond motifs is 10. The number of ether oxygens (including phenoxy) is 2. The molecule has 7 aliphatic heterocycles. The SMILES string of the molecule is CC(C)CCC1CCC2(CCCC(C3C=CC4CC5C(C)CC6=C7C5C5=C4C48C(=O)OC(=C(O)C9CCC%10C%11CC(CN%10C9C9CC%10(CCCC%10)C%10(CCCC%10%12CCCC%12)C9)C(CC6)N7C%11)C4(CC5)C4(OC(=O)c5c(CCCN)cccc54)C8C3)C2)C1. The first-order valence-corrected chi connectivity index (χ1v) is 37.7. The molecule has 20 atom stereocenters. The smallest absolute Gasteiger partial charge is 0.339 e. The number of hydrogen-bond acceptors (Lipinski definition) is 8. The molecule has 7 spiro atoms. The Kier molecular flexibility index (Phi) is 12.2. The standard InChI is InChI=1S/C79H107N3O5/c1-46(2)16-17-48-24-33-73(40-48)26-9-13-53(41-73)50-18-19-51-38-59-47(3)36-52-20-22-61-54-37-55-45-82(61)68(52)65(59)57-25-34-77-70(86-72(85)78(77,66(51)57)63(39-50)79(77)60-15-8-12-49(14-10-35-80)64(60)71(84)87-79)69(83)58-21-23-62(55)81(44-54)67(58)56-42-75(29-6-7-30-75)76(43-56)32-11-31-74(76)27-4-5-28-74/h8,12,15,18-19,46-48,50-51,53-56,58-59,61-63,65,67,83H,4-7,9-11,13-14,16-17,20-45,80H2,1-3H3. The molecule has 1 aromatic carbocycles. The Labute approximate surface area is 521 Å². The van der Waals surface area contributed by atoms with E-state index in [0.29, 0.717) is 106 Å². The summed E-state index contributed by atoms with van der Waals surface area (Å²) in [5, 5.41) is 14.8. The van der Waals surface area contributed by atoms with Gasteiger partial charge in [0.15, 0.2) is 11.4 Å². The van der Waals surface area contributed by atoms with Crippen LogP contribution in [0.15, 0.2) is 64.3 Å². The number of hydrogen-bond donors (Lipinski definition) is 2. The van der Waals surface area contributed by atoms with E-state index in [1.807, 2.05) is 0 Å². The number of carbonyl (C=O) groups excluding carboxylic acids is 2. The van der Waals surface area contributed by atoms with Crippen molar-refractivity contribution >= 4 is 11.9 Å². The molecule has 7 heterocycles. The van der Waals surface area contributed by atoms with Crippen LogP contribution in [0, 0.1) is 109 Å². The summed E-state index contributed by atoms with van der Waals surface area (Å²) in [6, 6.07) is 7.89. The average molecular weight is 1180 g/mol. The number of esters is 2. The van der Waals surface area contributed by atoms with Gasteiger partial charge in [-0.15, -0.1) is 0 Å². The quantitative estimate of drug-likeness (QED) is 0.196. The molecule has 1 aromatic rings. The van der Waals surface area contributed by atoms with Crippen LogP contribution in [0.4, 0.5) is 0 Å². The molecule has 87 heavy (non-hydrogen) atoms. The molecule has 3 N–H and O–H groups in total. The van der Waals surface area contributed by atoms with Crippen LogP contribution in [0.3, 0.4) is 0 Å². The van der Waals surface area contributed by atoms with Crippen LogP contribution in [0.5, 0.6) is 0 Å². The lowest BCUT2D eigenvalue weighted by molar-refractivity contribution is -0.283. The molecule has 8 nitrogen and oxygen atoms in total. The number of piperidine rings is 3. The zero-order chi connectivity index (χ0) is 58.4. The summed E-state index contributed by atoms with van der Waals surface area (Å²) in [5.41, 5.74) is 13.9. The summed E-state index contributed by atoms with van der Waals surface area (Å²) in [6.07, 6.45) is 47.5. The first kappa shape index (κ1) is 55.3. The summed E-state index contributed by atoms with van der Waals surface area (Å²) in [7, 11) is 0. The van der Waals surface area contributed by atoms with Gasteiger partial charge in [0.25, 0.3) is 0 Å². The molecule has 8 heteroatoms. The Morgan fingerprint density at radius 3 is 2.44 bits per heavy atom. The van der Waals surface area contributed by atoms with E-state index in [-0.39, 0.29) is 41.7 Å². The van der Waals surface area contributed by atoms with E-state index in [1.54, 1.807) is 16.8 Å². The van der Waals surface area contributed by atoms with E-state index in [4.69, 9.17) is 15.2 Å². The van der Waals surface area contributed by atoms with E-state index in [0.717, 1.165) is 73.6 Å². The Morgan fingerprint density at radius 2 is 1.60 bits per heavy atom. The summed E-state index contributed by atoms with van der Waals surface area (Å²) in [4.78, 5) is 39.4. The largest absolute Gasteiger partial charge is 0.508 e. The van der Waals surface area contributed by atoms with Crippen molar-refractivity contribution in [2.24, 2.45) is 115 Å². The van der Waals surface area contributed by atoms with Crippen molar-refractivity contribution in [2.45, 2.75) is 263 Å². The topological polar surface area (TPSA) is 105 Å². The number of rotatable bonds is 8. The predicted molar refractivity (Wildman–Crippen MR) is 339 cm³/mol. The Hall–Kier alpha value is -3.36. The van der Waals surface area contributed by atoms with Gasteiger partial charge in [-0.3, -0.25) is 9.69 Å². The number of aliphatic hydroxyl groups excluding tert-OH is 1. The molecule has 19 rings (SSSR count). The molecule has 7 bridgehead atoms. The first-order chi connectivity index (χ1) is 42.3. The third kappa shape index (κ3) is 6.82. The van der Waals surface area contributed by atoms with E-state index >= 15 is 9.59 Å². The number of aryl methyl sites for hydroxylation is 1. The number of nitrogens with two attached hydrogens (primary N) is 1. The molecule has 0 amide bonds. The Bertz CT molecular complexity index is 3200. The number of benzene rings is 1. The molecule has 20 unspecified atom stereocenters. The molecule has 468 valence electrons. The minimum absolute atomic E-state index is 0.0948. The molecule has 4 saturated heterocycles. The lowest BCUT2D eigenvalue weighted by Gasteiger charge is -2.73. The van der Waals surface area contributed by atoms with Crippen LogP contribution in [0.2, 0.25) is 0 Å². The van der Waals surface area contributed by atoms with Crippen molar-refractivity contribution in [3.05, 3.63) is 81.0 Å². The molecular formula is C79H107N3O5. The van der Waals surface area contributed by atoms with Crippen LogP contribution < -0.4 is 5.73 Å². The van der Waals surface area contributed by atoms with Crippen LogP contribution in [-0.4, -0.2) is 64.6 Å². The van der Waals surface area contributed by atoms with Gasteiger partial charge in [-0.25, -0.2) is 4.79 Å². The highest BCUT2D eigenvalue weighted by Gasteiger charge is 2.94. The number of nitrogens with zero attached hydrogens (tertiary/aromatic N) is 2. The van der Waals surface area contributed by atoms with Gasteiger partial charge in [-0.1, -0.05) is 114 Å². The molecule has 18 aliphatic rings. The maximum atomic E-state index is 17.3. The maximum absolute atomic E-state index is 17.3. The van der Waals surface area contributed by atoms with Crippen molar-refractivity contribution in [2.75, 3.05) is 19.6 Å². The van der Waals surface area contributed by atoms with Crippen molar-refractivity contribution in [1.82, 2.24) is 9.80 Å².